The van der Waals surface area contributed by atoms with E-state index in [0.29, 0.717) is 17.3 Å². The third-order valence-corrected chi connectivity index (χ3v) is 5.23. The van der Waals surface area contributed by atoms with Crippen LogP contribution in [-0.2, 0) is 11.2 Å². The molecule has 0 spiro atoms. The molecule has 2 aromatic rings. The Hall–Kier alpha value is -2.88. The molecule has 1 unspecified atom stereocenters. The van der Waals surface area contributed by atoms with Crippen LogP contribution in [0.3, 0.4) is 0 Å². The van der Waals surface area contributed by atoms with Crippen molar-refractivity contribution >= 4 is 23.4 Å². The number of carbonyl (C=O) groups is 1. The van der Waals surface area contributed by atoms with E-state index >= 15 is 0 Å². The van der Waals surface area contributed by atoms with Gasteiger partial charge in [-0.25, -0.2) is 0 Å². The minimum Gasteiger partial charge on any atom is -0.398 e. The topological polar surface area (TPSA) is 79.0 Å². The predicted octanol–water partition coefficient (Wildman–Crippen LogP) is 3.86. The molecule has 4 nitrogen and oxygen atoms in total. The van der Waals surface area contributed by atoms with Gasteiger partial charge in [-0.3, -0.25) is 4.79 Å². The van der Waals surface area contributed by atoms with Crippen LogP contribution in [-0.4, -0.2) is 11.6 Å². The molecule has 4 N–H and O–H groups in total. The number of anilines is 1. The number of carbonyl (C=O) groups excluding carboxylic acids is 1. The van der Waals surface area contributed by atoms with E-state index in [4.69, 9.17) is 11.1 Å². The first kappa shape index (κ1) is 16.6. The molecule has 2 aliphatic carbocycles. The van der Waals surface area contributed by atoms with E-state index < -0.39 is 0 Å². The first-order valence-electron chi connectivity index (χ1n) is 9.16. The molecule has 1 atom stereocenters. The summed E-state index contributed by atoms with van der Waals surface area (Å²) >= 11 is 0. The molecule has 2 aliphatic rings. The quantitative estimate of drug-likeness (QED) is 0.437. The van der Waals surface area contributed by atoms with E-state index in [2.05, 4.69) is 17.4 Å². The number of hydrogen-bond acceptors (Lipinski definition) is 3. The Morgan fingerprint density at radius 2 is 1.96 bits per heavy atom. The van der Waals surface area contributed by atoms with Gasteiger partial charge in [0.05, 0.1) is 6.04 Å². The lowest BCUT2D eigenvalue weighted by molar-refractivity contribution is -0.117. The summed E-state index contributed by atoms with van der Waals surface area (Å²) in [5.74, 6) is 0.277. The summed E-state index contributed by atoms with van der Waals surface area (Å²) in [4.78, 5) is 12.3. The zero-order valence-electron chi connectivity index (χ0n) is 14.7. The smallest absolute Gasteiger partial charge is 0.244 e. The molecule has 0 aliphatic heterocycles. The first-order valence-corrected chi connectivity index (χ1v) is 9.16. The van der Waals surface area contributed by atoms with Crippen molar-refractivity contribution in [3.05, 3.63) is 70.8 Å². The molecule has 4 heteroatoms. The Bertz CT molecular complexity index is 896. The number of amides is 1. The lowest BCUT2D eigenvalue weighted by atomic mass is 10.0. The lowest BCUT2D eigenvalue weighted by Gasteiger charge is -2.12. The summed E-state index contributed by atoms with van der Waals surface area (Å²) in [6, 6.07) is 14.0. The van der Waals surface area contributed by atoms with Gasteiger partial charge in [0.2, 0.25) is 5.91 Å². The fourth-order valence-electron chi connectivity index (χ4n) is 3.62. The Labute approximate surface area is 153 Å². The molecule has 2 aromatic carbocycles. The largest absolute Gasteiger partial charge is 0.398 e. The molecular weight excluding hydrogens is 322 g/mol. The maximum atomic E-state index is 12.3. The van der Waals surface area contributed by atoms with Gasteiger partial charge in [-0.1, -0.05) is 36.4 Å². The summed E-state index contributed by atoms with van der Waals surface area (Å²) in [5, 5.41) is 11.2. The molecule has 0 aromatic heterocycles. The predicted molar refractivity (Wildman–Crippen MR) is 105 cm³/mol. The molecular formula is C22H23N3O. The maximum absolute atomic E-state index is 12.3. The van der Waals surface area contributed by atoms with Gasteiger partial charge < -0.3 is 16.5 Å². The van der Waals surface area contributed by atoms with Crippen LogP contribution in [0.5, 0.6) is 0 Å². The van der Waals surface area contributed by atoms with Gasteiger partial charge in [0, 0.05) is 29.0 Å². The van der Waals surface area contributed by atoms with E-state index in [-0.39, 0.29) is 11.9 Å². The summed E-state index contributed by atoms with van der Waals surface area (Å²) in [6.45, 7) is 0. The van der Waals surface area contributed by atoms with Gasteiger partial charge in [-0.15, -0.1) is 0 Å². The summed E-state index contributed by atoms with van der Waals surface area (Å²) in [7, 11) is 0. The minimum atomic E-state index is -0.0972. The lowest BCUT2D eigenvalue weighted by Crippen LogP contribution is -2.25. The van der Waals surface area contributed by atoms with Crippen LogP contribution in [0, 0.1) is 11.3 Å². The molecule has 0 saturated heterocycles. The Kier molecular flexibility index (Phi) is 4.33. The van der Waals surface area contributed by atoms with Crippen molar-refractivity contribution < 1.29 is 4.79 Å². The van der Waals surface area contributed by atoms with Crippen molar-refractivity contribution in [2.75, 3.05) is 5.73 Å². The van der Waals surface area contributed by atoms with E-state index in [1.54, 1.807) is 12.2 Å². The average molecular weight is 345 g/mol. The highest BCUT2D eigenvalue weighted by Crippen LogP contribution is 2.34. The van der Waals surface area contributed by atoms with Crippen molar-refractivity contribution in [2.24, 2.45) is 5.92 Å². The second-order valence-electron chi connectivity index (χ2n) is 7.17. The molecule has 1 fully saturated rings. The fraction of sp³-hybridized carbons (Fsp3) is 0.273. The van der Waals surface area contributed by atoms with Gasteiger partial charge in [0.1, 0.15) is 0 Å². The van der Waals surface area contributed by atoms with Gasteiger partial charge in [-0.2, -0.15) is 0 Å². The zero-order valence-corrected chi connectivity index (χ0v) is 14.7. The van der Waals surface area contributed by atoms with Gasteiger partial charge in [-0.05, 0) is 54.5 Å². The normalized spacial score (nSPS) is 18.7. The maximum Gasteiger partial charge on any atom is 0.244 e. The third kappa shape index (κ3) is 3.40. The van der Waals surface area contributed by atoms with Crippen molar-refractivity contribution in [3.63, 3.8) is 0 Å². The summed E-state index contributed by atoms with van der Waals surface area (Å²) in [6.07, 6.45) is 7.47. The summed E-state index contributed by atoms with van der Waals surface area (Å²) in [5.41, 5.74) is 11.6. The van der Waals surface area contributed by atoms with Crippen molar-refractivity contribution in [1.82, 2.24) is 5.32 Å². The monoisotopic (exact) mass is 345 g/mol. The average Bonchev–Trinajstić information content (AvgIpc) is 3.42. The number of nitrogen functional groups attached to an aromatic ring is 1. The molecule has 1 amide bonds. The second kappa shape index (κ2) is 6.79. The molecule has 26 heavy (non-hydrogen) atoms. The number of benzene rings is 2. The van der Waals surface area contributed by atoms with Crippen molar-refractivity contribution in [1.29, 1.82) is 5.41 Å². The zero-order chi connectivity index (χ0) is 18.1. The van der Waals surface area contributed by atoms with Gasteiger partial charge >= 0.3 is 0 Å². The molecule has 0 heterocycles. The fourth-order valence-corrected chi connectivity index (χ4v) is 3.62. The highest BCUT2D eigenvalue weighted by atomic mass is 16.1. The van der Waals surface area contributed by atoms with E-state index in [9.17, 15) is 4.79 Å². The van der Waals surface area contributed by atoms with Crippen LogP contribution in [0.1, 0.15) is 47.6 Å². The number of nitrogens with one attached hydrogen (secondary N) is 2. The molecule has 0 bridgehead atoms. The second-order valence-corrected chi connectivity index (χ2v) is 7.17. The van der Waals surface area contributed by atoms with Gasteiger partial charge in [0.25, 0.3) is 0 Å². The molecule has 132 valence electrons. The number of nitrogens with two attached hydrogens (primary N) is 1. The van der Waals surface area contributed by atoms with E-state index in [1.165, 1.54) is 11.1 Å². The first-order chi connectivity index (χ1) is 12.6. The van der Waals surface area contributed by atoms with E-state index in [1.807, 2.05) is 30.3 Å². The third-order valence-electron chi connectivity index (χ3n) is 5.23. The molecule has 1 saturated carbocycles. The number of fused-ring (bicyclic) bond motifs is 1. The number of aryl methyl sites for hydroxylation is 1. The SMILES string of the molecule is N=C(c1ccc(/C=C/C(=O)NC2CCc3ccccc32)cc1N)C1CC1. The minimum absolute atomic E-state index is 0.0924. The Morgan fingerprint density at radius 3 is 2.73 bits per heavy atom. The van der Waals surface area contributed by atoms with Crippen molar-refractivity contribution in [2.45, 2.75) is 31.7 Å². The Balaban J connectivity index is 1.41. The highest BCUT2D eigenvalue weighted by molar-refractivity contribution is 6.05. The van der Waals surface area contributed by atoms with Crippen LogP contribution in [0.15, 0.2) is 48.5 Å². The number of rotatable bonds is 5. The summed E-state index contributed by atoms with van der Waals surface area (Å²) < 4.78 is 0. The van der Waals surface area contributed by atoms with E-state index in [0.717, 1.165) is 36.8 Å². The standard InChI is InChI=1S/C22H23N3O/c23-19-13-14(5-10-18(19)22(24)16-7-8-16)6-12-21(26)25-20-11-9-15-3-1-2-4-17(15)20/h1-6,10,12-13,16,20,24H,7-9,11,23H2,(H,25,26)/b12-6+,24-22?. The molecule has 0 radical (unpaired) electrons. The van der Waals surface area contributed by atoms with Crippen LogP contribution < -0.4 is 11.1 Å². The van der Waals surface area contributed by atoms with Crippen LogP contribution in [0.2, 0.25) is 0 Å². The van der Waals surface area contributed by atoms with Crippen LogP contribution in [0.4, 0.5) is 5.69 Å². The van der Waals surface area contributed by atoms with Crippen LogP contribution in [0.25, 0.3) is 6.08 Å². The number of hydrogen-bond donors (Lipinski definition) is 3. The Morgan fingerprint density at radius 1 is 1.15 bits per heavy atom. The van der Waals surface area contributed by atoms with Crippen LogP contribution >= 0.6 is 0 Å². The van der Waals surface area contributed by atoms with Crippen molar-refractivity contribution in [3.8, 4) is 0 Å². The molecule has 4 rings (SSSR count). The highest BCUT2D eigenvalue weighted by Gasteiger charge is 2.28. The van der Waals surface area contributed by atoms with Gasteiger partial charge in [0.15, 0.2) is 0 Å².